The Kier molecular flexibility index (Phi) is 3.35. The zero-order valence-corrected chi connectivity index (χ0v) is 11.4. The van der Waals surface area contributed by atoms with Crippen LogP contribution in [-0.4, -0.2) is 25.8 Å². The molecule has 0 aromatic carbocycles. The summed E-state index contributed by atoms with van der Waals surface area (Å²) in [5.74, 6) is 3.29. The molecule has 3 nitrogen and oxygen atoms in total. The lowest BCUT2D eigenvalue weighted by molar-refractivity contribution is -0.169. The van der Waals surface area contributed by atoms with Crippen molar-refractivity contribution in [2.75, 3.05) is 13.7 Å². The molecule has 0 aromatic heterocycles. The SMILES string of the molecule is COC[C@@H](C)OC(=O)C1C2CC3CC(C2)CC1C3. The fourth-order valence-corrected chi connectivity index (χ4v) is 4.86. The van der Waals surface area contributed by atoms with E-state index in [1.54, 1.807) is 7.11 Å². The third-order valence-corrected chi connectivity index (χ3v) is 5.22. The maximum Gasteiger partial charge on any atom is 0.309 e. The van der Waals surface area contributed by atoms with Gasteiger partial charge in [0.25, 0.3) is 0 Å². The second-order valence-corrected chi connectivity index (χ2v) is 6.66. The first-order valence-electron chi connectivity index (χ1n) is 7.36. The molecule has 0 saturated heterocycles. The minimum absolute atomic E-state index is 0.0494. The van der Waals surface area contributed by atoms with Gasteiger partial charge in [-0.3, -0.25) is 4.79 Å². The van der Waals surface area contributed by atoms with Crippen LogP contribution in [0.15, 0.2) is 0 Å². The van der Waals surface area contributed by atoms with Gasteiger partial charge in [0.05, 0.1) is 12.5 Å². The van der Waals surface area contributed by atoms with Gasteiger partial charge >= 0.3 is 5.97 Å². The van der Waals surface area contributed by atoms with E-state index in [0.717, 1.165) is 11.8 Å². The molecule has 4 bridgehead atoms. The van der Waals surface area contributed by atoms with Crippen molar-refractivity contribution in [1.29, 1.82) is 0 Å². The average Bonchev–Trinajstić information content (AvgIpc) is 2.27. The van der Waals surface area contributed by atoms with Crippen LogP contribution < -0.4 is 0 Å². The van der Waals surface area contributed by atoms with Gasteiger partial charge in [-0.1, -0.05) is 0 Å². The first kappa shape index (κ1) is 12.5. The number of hydrogen-bond acceptors (Lipinski definition) is 3. The summed E-state index contributed by atoms with van der Waals surface area (Å²) in [4.78, 5) is 12.3. The van der Waals surface area contributed by atoms with Gasteiger partial charge in [-0.15, -0.1) is 0 Å². The van der Waals surface area contributed by atoms with Crippen LogP contribution in [0.2, 0.25) is 0 Å². The monoisotopic (exact) mass is 252 g/mol. The lowest BCUT2D eigenvalue weighted by Gasteiger charge is -2.53. The van der Waals surface area contributed by atoms with Gasteiger partial charge in [-0.05, 0) is 62.7 Å². The van der Waals surface area contributed by atoms with Crippen molar-refractivity contribution in [3.05, 3.63) is 0 Å². The Morgan fingerprint density at radius 2 is 1.67 bits per heavy atom. The summed E-state index contributed by atoms with van der Waals surface area (Å²) < 4.78 is 10.6. The predicted molar refractivity (Wildman–Crippen MR) is 68.0 cm³/mol. The zero-order valence-electron chi connectivity index (χ0n) is 11.4. The first-order chi connectivity index (χ1) is 8.67. The summed E-state index contributed by atoms with van der Waals surface area (Å²) >= 11 is 0. The van der Waals surface area contributed by atoms with Gasteiger partial charge < -0.3 is 9.47 Å². The molecule has 3 heteroatoms. The van der Waals surface area contributed by atoms with Crippen molar-refractivity contribution < 1.29 is 14.3 Å². The zero-order chi connectivity index (χ0) is 12.7. The van der Waals surface area contributed by atoms with E-state index in [1.165, 1.54) is 32.1 Å². The van der Waals surface area contributed by atoms with E-state index < -0.39 is 0 Å². The molecule has 4 rings (SSSR count). The highest BCUT2D eigenvalue weighted by atomic mass is 16.6. The van der Waals surface area contributed by atoms with E-state index in [9.17, 15) is 4.79 Å². The van der Waals surface area contributed by atoms with E-state index in [1.807, 2.05) is 6.92 Å². The Hall–Kier alpha value is -0.570. The Balaban J connectivity index is 1.64. The summed E-state index contributed by atoms with van der Waals surface area (Å²) in [6.07, 6.45) is 6.39. The largest absolute Gasteiger partial charge is 0.460 e. The van der Waals surface area contributed by atoms with Gasteiger partial charge in [0.2, 0.25) is 0 Å². The van der Waals surface area contributed by atoms with Crippen LogP contribution in [0.1, 0.15) is 39.0 Å². The smallest absolute Gasteiger partial charge is 0.309 e. The number of carbonyl (C=O) groups is 1. The topological polar surface area (TPSA) is 35.5 Å². The van der Waals surface area contributed by atoms with E-state index >= 15 is 0 Å². The predicted octanol–water partition coefficient (Wildman–Crippen LogP) is 2.64. The lowest BCUT2D eigenvalue weighted by Crippen LogP contribution is -2.49. The maximum absolute atomic E-state index is 12.3. The molecule has 4 fully saturated rings. The lowest BCUT2D eigenvalue weighted by atomic mass is 9.52. The van der Waals surface area contributed by atoms with Crippen LogP contribution in [0.4, 0.5) is 0 Å². The van der Waals surface area contributed by atoms with Gasteiger partial charge in [-0.25, -0.2) is 0 Å². The number of esters is 1. The van der Waals surface area contributed by atoms with Crippen molar-refractivity contribution in [2.24, 2.45) is 29.6 Å². The summed E-state index contributed by atoms with van der Waals surface area (Å²) in [5, 5.41) is 0. The number of rotatable bonds is 4. The summed E-state index contributed by atoms with van der Waals surface area (Å²) in [6.45, 7) is 2.41. The van der Waals surface area contributed by atoms with Crippen molar-refractivity contribution in [1.82, 2.24) is 0 Å². The molecule has 0 spiro atoms. The molecule has 1 atom stereocenters. The molecule has 0 N–H and O–H groups in total. The maximum atomic E-state index is 12.3. The second kappa shape index (κ2) is 4.84. The third kappa shape index (κ3) is 2.18. The molecular weight excluding hydrogens is 228 g/mol. The van der Waals surface area contributed by atoms with E-state index in [2.05, 4.69) is 0 Å². The number of hydrogen-bond donors (Lipinski definition) is 0. The minimum atomic E-state index is -0.111. The summed E-state index contributed by atoms with van der Waals surface area (Å²) in [7, 11) is 1.65. The van der Waals surface area contributed by atoms with E-state index in [-0.39, 0.29) is 18.0 Å². The molecule has 18 heavy (non-hydrogen) atoms. The molecule has 4 saturated carbocycles. The van der Waals surface area contributed by atoms with Gasteiger partial charge in [0, 0.05) is 7.11 Å². The van der Waals surface area contributed by atoms with E-state index in [0.29, 0.717) is 18.4 Å². The molecule has 0 aromatic rings. The number of carbonyl (C=O) groups excluding carboxylic acids is 1. The van der Waals surface area contributed by atoms with E-state index in [4.69, 9.17) is 9.47 Å². The fraction of sp³-hybridized carbons (Fsp3) is 0.933. The first-order valence-corrected chi connectivity index (χ1v) is 7.36. The highest BCUT2D eigenvalue weighted by Crippen LogP contribution is 2.56. The van der Waals surface area contributed by atoms with Crippen LogP contribution in [0.3, 0.4) is 0 Å². The van der Waals surface area contributed by atoms with Gasteiger partial charge in [-0.2, -0.15) is 0 Å². The molecule has 0 aliphatic heterocycles. The molecular formula is C15H24O3. The van der Waals surface area contributed by atoms with Gasteiger partial charge in [0.1, 0.15) is 6.10 Å². The van der Waals surface area contributed by atoms with Crippen LogP contribution >= 0.6 is 0 Å². The normalized spacial score (nSPS) is 42.9. The average molecular weight is 252 g/mol. The molecule has 0 radical (unpaired) electrons. The highest BCUT2D eigenvalue weighted by Gasteiger charge is 2.51. The van der Waals surface area contributed by atoms with Crippen molar-refractivity contribution >= 4 is 5.97 Å². The van der Waals surface area contributed by atoms with Crippen molar-refractivity contribution in [3.8, 4) is 0 Å². The molecule has 0 amide bonds. The van der Waals surface area contributed by atoms with Crippen LogP contribution in [0.25, 0.3) is 0 Å². The molecule has 0 unspecified atom stereocenters. The Bertz CT molecular complexity index is 298. The summed E-state index contributed by atoms with van der Waals surface area (Å²) in [5.41, 5.74) is 0. The standard InChI is InChI=1S/C15H24O3/c1-9(8-17-2)18-15(16)14-12-4-10-3-11(6-12)7-13(14)5-10/h9-14H,3-8H2,1-2H3/t9-,10?,11?,12?,13?,14?/m1/s1. The third-order valence-electron chi connectivity index (χ3n) is 5.22. The fourth-order valence-electron chi connectivity index (χ4n) is 4.86. The molecule has 4 aliphatic carbocycles. The summed E-state index contributed by atoms with van der Waals surface area (Å²) in [6, 6.07) is 0. The quantitative estimate of drug-likeness (QED) is 0.722. The Morgan fingerprint density at radius 1 is 1.11 bits per heavy atom. The highest BCUT2D eigenvalue weighted by molar-refractivity contribution is 5.73. The minimum Gasteiger partial charge on any atom is -0.460 e. The van der Waals surface area contributed by atoms with Crippen LogP contribution in [-0.2, 0) is 14.3 Å². The Labute approximate surface area is 109 Å². The molecule has 4 aliphatic rings. The van der Waals surface area contributed by atoms with Crippen LogP contribution in [0.5, 0.6) is 0 Å². The van der Waals surface area contributed by atoms with Gasteiger partial charge in [0.15, 0.2) is 0 Å². The van der Waals surface area contributed by atoms with Crippen molar-refractivity contribution in [2.45, 2.75) is 45.1 Å². The molecule has 0 heterocycles. The van der Waals surface area contributed by atoms with Crippen molar-refractivity contribution in [3.63, 3.8) is 0 Å². The second-order valence-electron chi connectivity index (χ2n) is 6.66. The molecule has 102 valence electrons. The Morgan fingerprint density at radius 3 is 2.17 bits per heavy atom. The number of ether oxygens (including phenoxy) is 2. The number of methoxy groups -OCH3 is 1. The van der Waals surface area contributed by atoms with Crippen LogP contribution in [0, 0.1) is 29.6 Å².